The zero-order valence-corrected chi connectivity index (χ0v) is 12.8. The Bertz CT molecular complexity index is 592. The first-order chi connectivity index (χ1) is 10.1. The summed E-state index contributed by atoms with van der Waals surface area (Å²) in [6.45, 7) is 4.97. The van der Waals surface area contributed by atoms with Gasteiger partial charge in [-0.25, -0.2) is 0 Å². The Morgan fingerprint density at radius 3 is 2.86 bits per heavy atom. The molecule has 0 fully saturated rings. The highest BCUT2D eigenvalue weighted by atomic mass is 16.1. The molecule has 0 spiro atoms. The van der Waals surface area contributed by atoms with E-state index in [1.807, 2.05) is 42.1 Å². The first-order valence-electron chi connectivity index (χ1n) is 7.17. The van der Waals surface area contributed by atoms with E-state index in [1.54, 1.807) is 13.2 Å². The molecule has 5 heteroatoms. The number of hydrogen-bond acceptors (Lipinski definition) is 3. The minimum atomic E-state index is -0.0552. The van der Waals surface area contributed by atoms with Crippen LogP contribution in [0.5, 0.6) is 0 Å². The molecule has 0 saturated heterocycles. The summed E-state index contributed by atoms with van der Waals surface area (Å²) in [6, 6.07) is 7.97. The SMILES string of the molecule is CNC(=O)c1cccc(N[C@@H](C)CCn2cccn2)c1C. The number of carbonyl (C=O) groups is 1. The van der Waals surface area contributed by atoms with Gasteiger partial charge in [0.05, 0.1) is 0 Å². The molecule has 0 radical (unpaired) electrons. The monoisotopic (exact) mass is 286 g/mol. The van der Waals surface area contributed by atoms with E-state index in [9.17, 15) is 4.79 Å². The largest absolute Gasteiger partial charge is 0.382 e. The molecular formula is C16H22N4O. The summed E-state index contributed by atoms with van der Waals surface area (Å²) in [4.78, 5) is 11.8. The van der Waals surface area contributed by atoms with Crippen molar-refractivity contribution in [3.05, 3.63) is 47.8 Å². The molecule has 1 heterocycles. The summed E-state index contributed by atoms with van der Waals surface area (Å²) < 4.78 is 1.92. The number of amides is 1. The van der Waals surface area contributed by atoms with Crippen molar-refractivity contribution in [2.45, 2.75) is 32.9 Å². The Morgan fingerprint density at radius 2 is 2.19 bits per heavy atom. The van der Waals surface area contributed by atoms with E-state index in [2.05, 4.69) is 22.7 Å². The number of aromatic nitrogens is 2. The molecule has 0 aliphatic rings. The summed E-state index contributed by atoms with van der Waals surface area (Å²) in [6.07, 6.45) is 4.71. The molecule has 0 unspecified atom stereocenters. The standard InChI is InChI=1S/C16H22N4O/c1-12(8-11-20-10-5-9-18-20)19-15-7-4-6-14(13(15)2)16(21)17-3/h4-7,9-10,12,19H,8,11H2,1-3H3,(H,17,21)/t12-/m0/s1. The van der Waals surface area contributed by atoms with E-state index in [0.29, 0.717) is 11.6 Å². The van der Waals surface area contributed by atoms with Crippen LogP contribution in [0.3, 0.4) is 0 Å². The fraction of sp³-hybridized carbons (Fsp3) is 0.375. The van der Waals surface area contributed by atoms with E-state index >= 15 is 0 Å². The lowest BCUT2D eigenvalue weighted by Gasteiger charge is -2.18. The van der Waals surface area contributed by atoms with Gasteiger partial charge in [-0.05, 0) is 44.0 Å². The topological polar surface area (TPSA) is 59.0 Å². The molecular weight excluding hydrogens is 264 g/mol. The van der Waals surface area contributed by atoms with Crippen LogP contribution >= 0.6 is 0 Å². The number of nitrogens with zero attached hydrogens (tertiary/aromatic N) is 2. The number of benzene rings is 1. The zero-order chi connectivity index (χ0) is 15.2. The van der Waals surface area contributed by atoms with Crippen LogP contribution in [0.25, 0.3) is 0 Å². The summed E-state index contributed by atoms with van der Waals surface area (Å²) in [7, 11) is 1.65. The lowest BCUT2D eigenvalue weighted by Crippen LogP contribution is -2.21. The predicted octanol–water partition coefficient (Wildman–Crippen LogP) is 2.44. The maximum absolute atomic E-state index is 11.8. The van der Waals surface area contributed by atoms with E-state index < -0.39 is 0 Å². The van der Waals surface area contributed by atoms with Gasteiger partial charge in [0, 0.05) is 43.3 Å². The maximum Gasteiger partial charge on any atom is 0.251 e. The summed E-state index contributed by atoms with van der Waals surface area (Å²) in [5.74, 6) is -0.0552. The van der Waals surface area contributed by atoms with Crippen molar-refractivity contribution in [1.82, 2.24) is 15.1 Å². The Labute approximate surface area is 125 Å². The van der Waals surface area contributed by atoms with Gasteiger partial charge in [-0.3, -0.25) is 9.48 Å². The predicted molar refractivity (Wildman–Crippen MR) is 84.5 cm³/mol. The highest BCUT2D eigenvalue weighted by Gasteiger charge is 2.11. The van der Waals surface area contributed by atoms with Gasteiger partial charge >= 0.3 is 0 Å². The average Bonchev–Trinajstić information content (AvgIpc) is 3.00. The highest BCUT2D eigenvalue weighted by Crippen LogP contribution is 2.20. The fourth-order valence-corrected chi connectivity index (χ4v) is 2.27. The molecule has 1 amide bonds. The third kappa shape index (κ3) is 3.84. The molecule has 2 aromatic rings. The summed E-state index contributed by atoms with van der Waals surface area (Å²) in [5, 5.41) is 10.3. The quantitative estimate of drug-likeness (QED) is 0.857. The second-order valence-corrected chi connectivity index (χ2v) is 5.16. The molecule has 0 aliphatic heterocycles. The lowest BCUT2D eigenvalue weighted by atomic mass is 10.1. The summed E-state index contributed by atoms with van der Waals surface area (Å²) in [5.41, 5.74) is 2.69. The highest BCUT2D eigenvalue weighted by molar-refractivity contribution is 5.96. The van der Waals surface area contributed by atoms with Crippen LogP contribution in [-0.2, 0) is 6.54 Å². The van der Waals surface area contributed by atoms with Crippen molar-refractivity contribution in [2.75, 3.05) is 12.4 Å². The Kier molecular flexibility index (Phi) is 4.98. The second kappa shape index (κ2) is 6.92. The second-order valence-electron chi connectivity index (χ2n) is 5.16. The van der Waals surface area contributed by atoms with Crippen LogP contribution in [0.4, 0.5) is 5.69 Å². The third-order valence-electron chi connectivity index (χ3n) is 3.56. The van der Waals surface area contributed by atoms with Crippen molar-refractivity contribution in [1.29, 1.82) is 0 Å². The van der Waals surface area contributed by atoms with Gasteiger partial charge in [-0.2, -0.15) is 5.10 Å². The third-order valence-corrected chi connectivity index (χ3v) is 3.56. The van der Waals surface area contributed by atoms with Gasteiger partial charge in [0.1, 0.15) is 0 Å². The van der Waals surface area contributed by atoms with Gasteiger partial charge < -0.3 is 10.6 Å². The van der Waals surface area contributed by atoms with Crippen LogP contribution < -0.4 is 10.6 Å². The molecule has 2 rings (SSSR count). The Hall–Kier alpha value is -2.30. The number of nitrogens with one attached hydrogen (secondary N) is 2. The molecule has 0 aliphatic carbocycles. The van der Waals surface area contributed by atoms with E-state index in [0.717, 1.165) is 24.2 Å². The smallest absolute Gasteiger partial charge is 0.251 e. The Balaban J connectivity index is 2.00. The number of carbonyl (C=O) groups excluding carboxylic acids is 1. The van der Waals surface area contributed by atoms with Gasteiger partial charge in [0.15, 0.2) is 0 Å². The summed E-state index contributed by atoms with van der Waals surface area (Å²) >= 11 is 0. The molecule has 0 saturated carbocycles. The van der Waals surface area contributed by atoms with Crippen molar-refractivity contribution < 1.29 is 4.79 Å². The van der Waals surface area contributed by atoms with Crippen molar-refractivity contribution in [2.24, 2.45) is 0 Å². The average molecular weight is 286 g/mol. The molecule has 2 N–H and O–H groups in total. The van der Waals surface area contributed by atoms with Crippen molar-refractivity contribution in [3.8, 4) is 0 Å². The zero-order valence-electron chi connectivity index (χ0n) is 12.8. The van der Waals surface area contributed by atoms with Crippen LogP contribution in [0.15, 0.2) is 36.7 Å². The van der Waals surface area contributed by atoms with Crippen LogP contribution in [0, 0.1) is 6.92 Å². The normalized spacial score (nSPS) is 12.0. The van der Waals surface area contributed by atoms with Gasteiger partial charge in [0.25, 0.3) is 5.91 Å². The van der Waals surface area contributed by atoms with Crippen LogP contribution in [0.2, 0.25) is 0 Å². The van der Waals surface area contributed by atoms with Gasteiger partial charge in [-0.15, -0.1) is 0 Å². The minimum absolute atomic E-state index is 0.0552. The lowest BCUT2D eigenvalue weighted by molar-refractivity contribution is 0.0962. The van der Waals surface area contributed by atoms with E-state index in [4.69, 9.17) is 0 Å². The van der Waals surface area contributed by atoms with Crippen molar-refractivity contribution >= 4 is 11.6 Å². The molecule has 1 aromatic carbocycles. The van der Waals surface area contributed by atoms with E-state index in [1.165, 1.54) is 0 Å². The Morgan fingerprint density at radius 1 is 1.38 bits per heavy atom. The first-order valence-corrected chi connectivity index (χ1v) is 7.17. The van der Waals surface area contributed by atoms with Gasteiger partial charge in [0.2, 0.25) is 0 Å². The number of hydrogen-bond donors (Lipinski definition) is 2. The van der Waals surface area contributed by atoms with Crippen LogP contribution in [0.1, 0.15) is 29.3 Å². The number of anilines is 1. The molecule has 5 nitrogen and oxygen atoms in total. The minimum Gasteiger partial charge on any atom is -0.382 e. The first kappa shape index (κ1) is 15.1. The van der Waals surface area contributed by atoms with E-state index in [-0.39, 0.29) is 5.91 Å². The maximum atomic E-state index is 11.8. The van der Waals surface area contributed by atoms with Crippen LogP contribution in [-0.4, -0.2) is 28.8 Å². The van der Waals surface area contributed by atoms with Gasteiger partial charge in [-0.1, -0.05) is 6.07 Å². The fourth-order valence-electron chi connectivity index (χ4n) is 2.27. The number of rotatable bonds is 6. The number of aryl methyl sites for hydroxylation is 1. The molecule has 21 heavy (non-hydrogen) atoms. The molecule has 1 atom stereocenters. The van der Waals surface area contributed by atoms with Crippen molar-refractivity contribution in [3.63, 3.8) is 0 Å². The molecule has 112 valence electrons. The molecule has 1 aromatic heterocycles. The molecule has 0 bridgehead atoms.